The minimum Gasteiger partial charge on any atom is -0.358 e. The monoisotopic (exact) mass is 315 g/mol. The molecule has 4 heteroatoms. The van der Waals surface area contributed by atoms with Crippen LogP contribution in [0.4, 0.5) is 5.69 Å². The summed E-state index contributed by atoms with van der Waals surface area (Å²) in [5.74, 6) is 0.00504. The molecule has 3 aromatic rings. The van der Waals surface area contributed by atoms with Gasteiger partial charge in [0, 0.05) is 22.3 Å². The fourth-order valence-corrected chi connectivity index (χ4v) is 3.53. The molecule has 0 radical (unpaired) electrons. The van der Waals surface area contributed by atoms with Crippen molar-refractivity contribution in [2.24, 2.45) is 0 Å². The number of amides is 1. The predicted molar refractivity (Wildman–Crippen MR) is 93.7 cm³/mol. The average molecular weight is 315 g/mol. The van der Waals surface area contributed by atoms with E-state index in [2.05, 4.69) is 22.4 Å². The van der Waals surface area contributed by atoms with Crippen LogP contribution in [0.1, 0.15) is 29.7 Å². The second-order valence-electron chi connectivity index (χ2n) is 6.40. The number of aryl methyl sites for hydroxylation is 1. The minimum atomic E-state index is -0.466. The number of hydrogen-bond donors (Lipinski definition) is 2. The van der Waals surface area contributed by atoms with Crippen LogP contribution in [-0.2, 0) is 10.2 Å². The fourth-order valence-electron chi connectivity index (χ4n) is 3.53. The number of carbonyl (C=O) groups excluding carboxylic acids is 1. The number of hydrogen-bond acceptors (Lipinski definition) is 2. The Morgan fingerprint density at radius 2 is 2.00 bits per heavy atom. The van der Waals surface area contributed by atoms with Crippen LogP contribution >= 0.6 is 0 Å². The van der Waals surface area contributed by atoms with Crippen molar-refractivity contribution in [1.82, 2.24) is 4.98 Å². The first-order chi connectivity index (χ1) is 11.6. The van der Waals surface area contributed by atoms with Crippen LogP contribution in [0.15, 0.2) is 48.5 Å². The van der Waals surface area contributed by atoms with Crippen molar-refractivity contribution >= 4 is 22.5 Å². The first-order valence-corrected chi connectivity index (χ1v) is 8.03. The lowest BCUT2D eigenvalue weighted by Crippen LogP contribution is -2.28. The summed E-state index contributed by atoms with van der Waals surface area (Å²) in [6.07, 6.45) is 1.69. The van der Waals surface area contributed by atoms with Crippen molar-refractivity contribution in [3.8, 4) is 6.07 Å². The van der Waals surface area contributed by atoms with Crippen molar-refractivity contribution in [2.75, 3.05) is 5.32 Å². The molecule has 1 fully saturated rings. The minimum absolute atomic E-state index is 0.00504. The Balaban J connectivity index is 1.71. The molecule has 4 nitrogen and oxygen atoms in total. The van der Waals surface area contributed by atoms with Gasteiger partial charge in [-0.25, -0.2) is 0 Å². The molecule has 0 unspecified atom stereocenters. The second-order valence-corrected chi connectivity index (χ2v) is 6.40. The van der Waals surface area contributed by atoms with Crippen molar-refractivity contribution in [3.63, 3.8) is 0 Å². The molecular weight excluding hydrogens is 298 g/mol. The zero-order chi connectivity index (χ0) is 16.7. The number of nitrogens with zero attached hydrogens (tertiary/aromatic N) is 1. The molecule has 1 aliphatic rings. The number of nitriles is 1. The Labute approximate surface area is 140 Å². The fraction of sp³-hybridized carbons (Fsp3) is 0.200. The Kier molecular flexibility index (Phi) is 3.17. The van der Waals surface area contributed by atoms with Crippen molar-refractivity contribution in [2.45, 2.75) is 25.2 Å². The summed E-state index contributed by atoms with van der Waals surface area (Å²) in [6.45, 7) is 2.03. The van der Waals surface area contributed by atoms with Crippen LogP contribution in [-0.4, -0.2) is 10.9 Å². The van der Waals surface area contributed by atoms with Gasteiger partial charge in [-0.1, -0.05) is 24.3 Å². The zero-order valence-corrected chi connectivity index (χ0v) is 13.4. The van der Waals surface area contributed by atoms with Gasteiger partial charge in [-0.15, -0.1) is 0 Å². The predicted octanol–water partition coefficient (Wildman–Crippen LogP) is 4.02. The highest BCUT2D eigenvalue weighted by Crippen LogP contribution is 2.52. The summed E-state index contributed by atoms with van der Waals surface area (Å²) in [5, 5.41) is 13.1. The summed E-state index contributed by atoms with van der Waals surface area (Å²) >= 11 is 0. The quantitative estimate of drug-likeness (QED) is 0.766. The lowest BCUT2D eigenvalue weighted by atomic mass is 9.92. The smallest absolute Gasteiger partial charge is 0.235 e. The molecule has 0 spiro atoms. The van der Waals surface area contributed by atoms with Crippen molar-refractivity contribution in [3.05, 3.63) is 65.4 Å². The number of para-hydroxylation sites is 1. The van der Waals surface area contributed by atoms with Crippen LogP contribution < -0.4 is 5.32 Å². The molecule has 0 bridgehead atoms. The maximum atomic E-state index is 13.0. The van der Waals surface area contributed by atoms with Gasteiger partial charge in [0.2, 0.25) is 5.91 Å². The summed E-state index contributed by atoms with van der Waals surface area (Å²) in [5.41, 5.74) is 3.97. The van der Waals surface area contributed by atoms with E-state index in [4.69, 9.17) is 5.26 Å². The Morgan fingerprint density at radius 1 is 1.21 bits per heavy atom. The molecule has 0 saturated heterocycles. The van der Waals surface area contributed by atoms with Crippen LogP contribution in [0, 0.1) is 18.3 Å². The lowest BCUT2D eigenvalue weighted by Gasteiger charge is -2.16. The highest BCUT2D eigenvalue weighted by Gasteiger charge is 2.53. The van der Waals surface area contributed by atoms with Gasteiger partial charge in [-0.2, -0.15) is 5.26 Å². The maximum absolute atomic E-state index is 13.0. The first-order valence-electron chi connectivity index (χ1n) is 8.03. The molecule has 0 atom stereocenters. The number of anilines is 1. The SMILES string of the molecule is Cc1[nH]c2ccccc2c1C1(C(=O)Nc2cccc(C#N)c2)CC1. The molecule has 2 aromatic carbocycles. The number of benzene rings is 2. The van der Waals surface area contributed by atoms with Crippen LogP contribution in [0.3, 0.4) is 0 Å². The molecule has 4 rings (SSSR count). The van der Waals surface area contributed by atoms with E-state index >= 15 is 0 Å². The third kappa shape index (κ3) is 2.17. The van der Waals surface area contributed by atoms with Gasteiger partial charge >= 0.3 is 0 Å². The molecule has 1 heterocycles. The van der Waals surface area contributed by atoms with Crippen LogP contribution in [0.2, 0.25) is 0 Å². The normalized spacial score (nSPS) is 15.0. The second kappa shape index (κ2) is 5.24. The van der Waals surface area contributed by atoms with Gasteiger partial charge in [0.15, 0.2) is 0 Å². The highest BCUT2D eigenvalue weighted by molar-refractivity contribution is 6.05. The van der Waals surface area contributed by atoms with Crippen molar-refractivity contribution in [1.29, 1.82) is 5.26 Å². The summed E-state index contributed by atoms with van der Waals surface area (Å²) in [4.78, 5) is 16.4. The number of aromatic amines is 1. The van der Waals surface area contributed by atoms with E-state index in [1.807, 2.05) is 31.2 Å². The summed E-state index contributed by atoms with van der Waals surface area (Å²) in [6, 6.07) is 17.2. The number of nitrogens with one attached hydrogen (secondary N) is 2. The molecule has 1 amide bonds. The number of rotatable bonds is 3. The van der Waals surface area contributed by atoms with E-state index in [1.165, 1.54) is 0 Å². The Bertz CT molecular complexity index is 990. The largest absolute Gasteiger partial charge is 0.358 e. The zero-order valence-electron chi connectivity index (χ0n) is 13.4. The van der Waals surface area contributed by atoms with Gasteiger partial charge in [0.25, 0.3) is 0 Å². The summed E-state index contributed by atoms with van der Waals surface area (Å²) < 4.78 is 0. The van der Waals surface area contributed by atoms with Gasteiger partial charge in [0.1, 0.15) is 0 Å². The third-order valence-electron chi connectivity index (χ3n) is 4.81. The number of H-pyrrole nitrogens is 1. The third-order valence-corrected chi connectivity index (χ3v) is 4.81. The molecule has 1 saturated carbocycles. The molecule has 1 aliphatic carbocycles. The van der Waals surface area contributed by atoms with Gasteiger partial charge in [-0.05, 0) is 49.6 Å². The Morgan fingerprint density at radius 3 is 2.75 bits per heavy atom. The van der Waals surface area contributed by atoms with Gasteiger partial charge < -0.3 is 10.3 Å². The number of fused-ring (bicyclic) bond motifs is 1. The van der Waals surface area contributed by atoms with Crippen LogP contribution in [0.25, 0.3) is 10.9 Å². The molecule has 1 aromatic heterocycles. The lowest BCUT2D eigenvalue weighted by molar-refractivity contribution is -0.118. The molecule has 24 heavy (non-hydrogen) atoms. The van der Waals surface area contributed by atoms with E-state index < -0.39 is 5.41 Å². The molecule has 2 N–H and O–H groups in total. The molecular formula is C20H17N3O. The van der Waals surface area contributed by atoms with E-state index in [9.17, 15) is 4.79 Å². The molecule has 0 aliphatic heterocycles. The van der Waals surface area contributed by atoms with E-state index in [-0.39, 0.29) is 5.91 Å². The number of carbonyl (C=O) groups is 1. The maximum Gasteiger partial charge on any atom is 0.235 e. The van der Waals surface area contributed by atoms with E-state index in [0.29, 0.717) is 11.3 Å². The van der Waals surface area contributed by atoms with Gasteiger partial charge in [0.05, 0.1) is 17.0 Å². The van der Waals surface area contributed by atoms with E-state index in [1.54, 1.807) is 18.2 Å². The van der Waals surface area contributed by atoms with E-state index in [0.717, 1.165) is 35.0 Å². The standard InChI is InChI=1S/C20H17N3O/c1-13-18(16-7-2-3-8-17(16)22-13)20(9-10-20)19(24)23-15-6-4-5-14(11-15)12-21/h2-8,11,22H,9-10H2,1H3,(H,23,24). The Hall–Kier alpha value is -3.06. The average Bonchev–Trinajstić information content (AvgIpc) is 3.32. The molecule has 118 valence electrons. The number of aromatic nitrogens is 1. The first kappa shape index (κ1) is 14.5. The van der Waals surface area contributed by atoms with Crippen LogP contribution in [0.5, 0.6) is 0 Å². The van der Waals surface area contributed by atoms with Gasteiger partial charge in [-0.3, -0.25) is 4.79 Å². The van der Waals surface area contributed by atoms with Crippen molar-refractivity contribution < 1.29 is 4.79 Å². The highest BCUT2D eigenvalue weighted by atomic mass is 16.2. The summed E-state index contributed by atoms with van der Waals surface area (Å²) in [7, 11) is 0. The topological polar surface area (TPSA) is 68.7 Å².